The number of hydrogen-bond donors (Lipinski definition) is 2. The van der Waals surface area contributed by atoms with Crippen molar-refractivity contribution in [2.45, 2.75) is 27.0 Å². The van der Waals surface area contributed by atoms with Crippen molar-refractivity contribution in [2.24, 2.45) is 10.7 Å². The average Bonchev–Trinajstić information content (AvgIpc) is 2.51. The molecule has 0 fully saturated rings. The summed E-state index contributed by atoms with van der Waals surface area (Å²) in [4.78, 5) is 4.37. The molecule has 0 bridgehead atoms. The zero-order chi connectivity index (χ0) is 15.9. The molecule has 22 heavy (non-hydrogen) atoms. The Bertz CT molecular complexity index is 648. The molecule has 0 aliphatic carbocycles. The van der Waals surface area contributed by atoms with Crippen LogP contribution in [0.3, 0.4) is 0 Å². The summed E-state index contributed by atoms with van der Waals surface area (Å²) in [5.41, 5.74) is 11.7. The van der Waals surface area contributed by atoms with E-state index in [1.165, 1.54) is 11.1 Å². The molecule has 0 aromatic heterocycles. The van der Waals surface area contributed by atoms with E-state index in [9.17, 15) is 0 Å². The van der Waals surface area contributed by atoms with Gasteiger partial charge in [-0.25, -0.2) is 4.99 Å². The number of methoxy groups -OCH3 is 1. The van der Waals surface area contributed by atoms with Gasteiger partial charge >= 0.3 is 0 Å². The molecule has 2 rings (SSSR count). The molecule has 0 aliphatic rings. The van der Waals surface area contributed by atoms with E-state index in [1.54, 1.807) is 7.11 Å². The lowest BCUT2D eigenvalue weighted by Crippen LogP contribution is -2.22. The zero-order valence-electron chi connectivity index (χ0n) is 13.4. The Labute approximate surface area is 132 Å². The summed E-state index contributed by atoms with van der Waals surface area (Å²) in [5.74, 6) is 0.421. The Balaban J connectivity index is 1.95. The Morgan fingerprint density at radius 1 is 1.05 bits per heavy atom. The summed E-state index contributed by atoms with van der Waals surface area (Å²) in [5, 5.41) is 3.12. The number of anilines is 1. The van der Waals surface area contributed by atoms with Gasteiger partial charge in [0.15, 0.2) is 5.96 Å². The Morgan fingerprint density at radius 3 is 2.36 bits per heavy atom. The predicted octanol–water partition coefficient (Wildman–Crippen LogP) is 3.38. The molecule has 0 amide bonds. The van der Waals surface area contributed by atoms with E-state index >= 15 is 0 Å². The van der Waals surface area contributed by atoms with Crippen molar-refractivity contribution in [3.05, 3.63) is 64.7 Å². The minimum absolute atomic E-state index is 0.421. The van der Waals surface area contributed by atoms with Crippen LogP contribution in [0.5, 0.6) is 0 Å². The number of rotatable bonds is 5. The minimum atomic E-state index is 0.421. The van der Waals surface area contributed by atoms with E-state index in [2.05, 4.69) is 36.3 Å². The lowest BCUT2D eigenvalue weighted by Gasteiger charge is -2.08. The van der Waals surface area contributed by atoms with Crippen molar-refractivity contribution in [3.63, 3.8) is 0 Å². The van der Waals surface area contributed by atoms with Crippen LogP contribution in [0.1, 0.15) is 22.3 Å². The van der Waals surface area contributed by atoms with Gasteiger partial charge in [0.05, 0.1) is 13.2 Å². The third kappa shape index (κ3) is 4.60. The summed E-state index contributed by atoms with van der Waals surface area (Å²) in [6.07, 6.45) is 0. The van der Waals surface area contributed by atoms with Crippen molar-refractivity contribution in [1.29, 1.82) is 0 Å². The first-order valence-corrected chi connectivity index (χ1v) is 7.29. The van der Waals surface area contributed by atoms with E-state index in [0.29, 0.717) is 19.1 Å². The van der Waals surface area contributed by atoms with Crippen molar-refractivity contribution in [3.8, 4) is 0 Å². The third-order valence-corrected chi connectivity index (χ3v) is 3.55. The molecule has 0 saturated heterocycles. The molecule has 116 valence electrons. The van der Waals surface area contributed by atoms with Crippen molar-refractivity contribution < 1.29 is 4.74 Å². The van der Waals surface area contributed by atoms with E-state index in [0.717, 1.165) is 16.8 Å². The molecule has 0 atom stereocenters. The molecule has 0 saturated carbocycles. The first-order valence-electron chi connectivity index (χ1n) is 7.29. The summed E-state index contributed by atoms with van der Waals surface area (Å²) in [7, 11) is 1.69. The van der Waals surface area contributed by atoms with E-state index < -0.39 is 0 Å². The smallest absolute Gasteiger partial charge is 0.193 e. The highest BCUT2D eigenvalue weighted by Crippen LogP contribution is 2.14. The van der Waals surface area contributed by atoms with Gasteiger partial charge in [-0.3, -0.25) is 0 Å². The number of aryl methyl sites for hydroxylation is 2. The molecular formula is C18H23N3O. The molecule has 3 N–H and O–H groups in total. The van der Waals surface area contributed by atoms with Gasteiger partial charge in [0.25, 0.3) is 0 Å². The largest absolute Gasteiger partial charge is 0.380 e. The number of aliphatic imine (C=N–C) groups is 1. The fourth-order valence-corrected chi connectivity index (χ4v) is 2.09. The number of nitrogens with one attached hydrogen (secondary N) is 1. The molecule has 2 aromatic rings. The van der Waals surface area contributed by atoms with Gasteiger partial charge in [0, 0.05) is 12.8 Å². The Kier molecular flexibility index (Phi) is 5.55. The van der Waals surface area contributed by atoms with E-state index in [-0.39, 0.29) is 0 Å². The van der Waals surface area contributed by atoms with Crippen LogP contribution in [0, 0.1) is 13.8 Å². The lowest BCUT2D eigenvalue weighted by atomic mass is 10.1. The predicted molar refractivity (Wildman–Crippen MR) is 92.0 cm³/mol. The molecule has 4 heteroatoms. The van der Waals surface area contributed by atoms with Crippen LogP contribution in [0.15, 0.2) is 47.5 Å². The van der Waals surface area contributed by atoms with Crippen LogP contribution in [0.2, 0.25) is 0 Å². The van der Waals surface area contributed by atoms with Crippen LogP contribution < -0.4 is 11.1 Å². The number of nitrogens with zero attached hydrogens (tertiary/aromatic N) is 1. The monoisotopic (exact) mass is 297 g/mol. The molecule has 2 aromatic carbocycles. The number of benzene rings is 2. The summed E-state index contributed by atoms with van der Waals surface area (Å²) >= 11 is 0. The van der Waals surface area contributed by atoms with Gasteiger partial charge in [-0.15, -0.1) is 0 Å². The molecule has 0 aliphatic heterocycles. The van der Waals surface area contributed by atoms with Crippen molar-refractivity contribution >= 4 is 11.6 Å². The fraction of sp³-hybridized carbons (Fsp3) is 0.278. The van der Waals surface area contributed by atoms with E-state index in [1.807, 2.05) is 30.3 Å². The maximum atomic E-state index is 5.94. The summed E-state index contributed by atoms with van der Waals surface area (Å²) in [6.45, 7) is 5.34. The maximum Gasteiger partial charge on any atom is 0.193 e. The normalized spacial score (nSPS) is 11.5. The SMILES string of the molecule is COCc1ccc(CN=C(N)Nc2ccc(C)c(C)c2)cc1. The third-order valence-electron chi connectivity index (χ3n) is 3.55. The van der Waals surface area contributed by atoms with Gasteiger partial charge in [0.1, 0.15) is 0 Å². The average molecular weight is 297 g/mol. The molecule has 0 heterocycles. The quantitative estimate of drug-likeness (QED) is 0.657. The first kappa shape index (κ1) is 16.0. The summed E-state index contributed by atoms with van der Waals surface area (Å²) in [6, 6.07) is 14.3. The van der Waals surface area contributed by atoms with Gasteiger partial charge in [0.2, 0.25) is 0 Å². The van der Waals surface area contributed by atoms with Crippen LogP contribution in [-0.4, -0.2) is 13.1 Å². The van der Waals surface area contributed by atoms with Crippen LogP contribution >= 0.6 is 0 Å². The Morgan fingerprint density at radius 2 is 1.73 bits per heavy atom. The van der Waals surface area contributed by atoms with Crippen molar-refractivity contribution in [2.75, 3.05) is 12.4 Å². The second-order valence-corrected chi connectivity index (χ2v) is 5.38. The number of nitrogens with two attached hydrogens (primary N) is 1. The van der Waals surface area contributed by atoms with Gasteiger partial charge in [-0.2, -0.15) is 0 Å². The highest BCUT2D eigenvalue weighted by molar-refractivity contribution is 5.92. The summed E-state index contributed by atoms with van der Waals surface area (Å²) < 4.78 is 5.09. The number of hydrogen-bond acceptors (Lipinski definition) is 2. The fourth-order valence-electron chi connectivity index (χ4n) is 2.09. The lowest BCUT2D eigenvalue weighted by molar-refractivity contribution is 0.185. The zero-order valence-corrected chi connectivity index (χ0v) is 13.4. The highest BCUT2D eigenvalue weighted by atomic mass is 16.5. The maximum absolute atomic E-state index is 5.94. The first-order chi connectivity index (χ1) is 10.6. The minimum Gasteiger partial charge on any atom is -0.380 e. The van der Waals surface area contributed by atoms with Gasteiger partial charge in [-0.1, -0.05) is 30.3 Å². The molecule has 0 radical (unpaired) electrons. The molecule has 0 unspecified atom stereocenters. The number of ether oxygens (including phenoxy) is 1. The standard InChI is InChI=1S/C18H23N3O/c1-13-4-9-17(10-14(13)2)21-18(19)20-11-15-5-7-16(8-6-15)12-22-3/h4-10H,11-12H2,1-3H3,(H3,19,20,21). The number of guanidine groups is 1. The van der Waals surface area contributed by atoms with Gasteiger partial charge in [-0.05, 0) is 48.2 Å². The molecular weight excluding hydrogens is 274 g/mol. The van der Waals surface area contributed by atoms with Crippen LogP contribution in [0.25, 0.3) is 0 Å². The van der Waals surface area contributed by atoms with E-state index in [4.69, 9.17) is 10.5 Å². The second kappa shape index (κ2) is 7.61. The molecule has 4 nitrogen and oxygen atoms in total. The highest BCUT2D eigenvalue weighted by Gasteiger charge is 1.99. The van der Waals surface area contributed by atoms with Crippen LogP contribution in [-0.2, 0) is 17.9 Å². The topological polar surface area (TPSA) is 59.6 Å². The second-order valence-electron chi connectivity index (χ2n) is 5.38. The van der Waals surface area contributed by atoms with Crippen LogP contribution in [0.4, 0.5) is 5.69 Å². The van der Waals surface area contributed by atoms with Gasteiger partial charge < -0.3 is 15.8 Å². The van der Waals surface area contributed by atoms with Crippen molar-refractivity contribution in [1.82, 2.24) is 0 Å². The molecule has 0 spiro atoms. The Hall–Kier alpha value is -2.33.